The number of rotatable bonds is 5. The highest BCUT2D eigenvalue weighted by atomic mass is 32.1. The number of amides is 1. The van der Waals surface area contributed by atoms with Crippen LogP contribution in [0, 0.1) is 10.1 Å². The summed E-state index contributed by atoms with van der Waals surface area (Å²) in [5, 5.41) is 14.0. The van der Waals surface area contributed by atoms with Crippen LogP contribution in [0.15, 0.2) is 24.3 Å². The molecule has 3 rings (SSSR count). The third-order valence-electron chi connectivity index (χ3n) is 4.65. The fraction of sp³-hybridized carbons (Fsp3) is 0.562. The molecule has 1 saturated heterocycles. The average Bonchev–Trinajstić information content (AvgIpc) is 2.98. The molecule has 130 valence electrons. The summed E-state index contributed by atoms with van der Waals surface area (Å²) in [6.45, 7) is 2.17. The molecule has 1 amide bonds. The zero-order valence-corrected chi connectivity index (χ0v) is 14.2. The molecular weight excluding hydrogens is 330 g/mol. The molecule has 0 aromatic heterocycles. The van der Waals surface area contributed by atoms with Crippen LogP contribution in [0.2, 0.25) is 0 Å². The van der Waals surface area contributed by atoms with Gasteiger partial charge in [-0.25, -0.2) is 4.79 Å². The molecule has 1 aliphatic carbocycles. The Balaban J connectivity index is 1.39. The van der Waals surface area contributed by atoms with Crippen molar-refractivity contribution >= 4 is 24.4 Å². The zero-order valence-electron chi connectivity index (χ0n) is 13.3. The van der Waals surface area contributed by atoms with Gasteiger partial charge in [0.25, 0.3) is 5.69 Å². The number of nitro benzene ring substituents is 1. The molecule has 0 bridgehead atoms. The van der Waals surface area contributed by atoms with Gasteiger partial charge in [0.05, 0.1) is 4.92 Å². The first kappa shape index (κ1) is 17.0. The Bertz CT molecular complexity index is 604. The van der Waals surface area contributed by atoms with Gasteiger partial charge in [0.2, 0.25) is 0 Å². The number of non-ortho nitro benzene ring substituents is 1. The Labute approximate surface area is 145 Å². The summed E-state index contributed by atoms with van der Waals surface area (Å²) in [5.74, 6) is 0. The summed E-state index contributed by atoms with van der Waals surface area (Å²) < 4.78 is 5.20. The SMILES string of the molecule is O=C(N[C@H]1CC[C@@H](N2CC(S)C2)C1)OCc1ccc([N+](=O)[O-])cc1. The number of carbonyl (C=O) groups excluding carboxylic acids is 1. The molecule has 1 aromatic carbocycles. The lowest BCUT2D eigenvalue weighted by molar-refractivity contribution is -0.384. The number of likely N-dealkylation sites (tertiary alicyclic amines) is 1. The van der Waals surface area contributed by atoms with Crippen LogP contribution < -0.4 is 5.32 Å². The van der Waals surface area contributed by atoms with Crippen molar-refractivity contribution in [3.05, 3.63) is 39.9 Å². The second-order valence-corrected chi connectivity index (χ2v) is 7.15. The van der Waals surface area contributed by atoms with E-state index >= 15 is 0 Å². The van der Waals surface area contributed by atoms with Crippen molar-refractivity contribution in [2.75, 3.05) is 13.1 Å². The van der Waals surface area contributed by atoms with E-state index in [0.717, 1.165) is 37.9 Å². The highest BCUT2D eigenvalue weighted by molar-refractivity contribution is 7.81. The minimum absolute atomic E-state index is 0.0228. The van der Waals surface area contributed by atoms with Crippen molar-refractivity contribution in [1.29, 1.82) is 0 Å². The first-order chi connectivity index (χ1) is 11.5. The van der Waals surface area contributed by atoms with E-state index in [-0.39, 0.29) is 18.3 Å². The van der Waals surface area contributed by atoms with Crippen molar-refractivity contribution in [2.24, 2.45) is 0 Å². The minimum Gasteiger partial charge on any atom is -0.445 e. The monoisotopic (exact) mass is 351 g/mol. The van der Waals surface area contributed by atoms with Gasteiger partial charge >= 0.3 is 6.09 Å². The Morgan fingerprint density at radius 3 is 2.67 bits per heavy atom. The number of hydrogen-bond acceptors (Lipinski definition) is 6. The number of nitro groups is 1. The standard InChI is InChI=1S/C16H21N3O4S/c20-16(23-10-11-1-4-13(5-2-11)19(21)22)17-12-3-6-14(7-12)18-8-15(24)9-18/h1-2,4-5,12,14-15,24H,3,6-10H2,(H,17,20)/t12-,14+/m0/s1. The number of ether oxygens (including phenoxy) is 1. The molecule has 0 unspecified atom stereocenters. The van der Waals surface area contributed by atoms with E-state index in [1.807, 2.05) is 0 Å². The van der Waals surface area contributed by atoms with Crippen LogP contribution in [0.3, 0.4) is 0 Å². The number of carbonyl (C=O) groups is 1. The number of nitrogens with zero attached hydrogens (tertiary/aromatic N) is 2. The third-order valence-corrected chi connectivity index (χ3v) is 4.98. The van der Waals surface area contributed by atoms with E-state index in [1.54, 1.807) is 12.1 Å². The summed E-state index contributed by atoms with van der Waals surface area (Å²) in [6, 6.07) is 6.68. The summed E-state index contributed by atoms with van der Waals surface area (Å²) in [5.41, 5.74) is 0.745. The Hall–Kier alpha value is -1.80. The van der Waals surface area contributed by atoms with Crippen molar-refractivity contribution in [2.45, 2.75) is 43.2 Å². The van der Waals surface area contributed by atoms with Crippen molar-refractivity contribution in [1.82, 2.24) is 10.2 Å². The molecule has 24 heavy (non-hydrogen) atoms. The lowest BCUT2D eigenvalue weighted by Crippen LogP contribution is -2.52. The van der Waals surface area contributed by atoms with Gasteiger partial charge in [-0.05, 0) is 37.0 Å². The molecule has 2 atom stereocenters. The number of benzene rings is 1. The van der Waals surface area contributed by atoms with E-state index in [4.69, 9.17) is 4.74 Å². The van der Waals surface area contributed by atoms with Gasteiger partial charge in [0.1, 0.15) is 6.61 Å². The van der Waals surface area contributed by atoms with Crippen molar-refractivity contribution in [3.8, 4) is 0 Å². The number of alkyl carbamates (subject to hydrolysis) is 1. The Morgan fingerprint density at radius 2 is 2.04 bits per heavy atom. The molecule has 1 heterocycles. The predicted octanol–water partition coefficient (Wildman–Crippen LogP) is 2.36. The third kappa shape index (κ3) is 4.18. The second kappa shape index (κ2) is 7.40. The summed E-state index contributed by atoms with van der Waals surface area (Å²) in [6.07, 6.45) is 2.57. The molecule has 0 spiro atoms. The molecule has 1 aromatic rings. The molecule has 1 aliphatic heterocycles. The molecule has 8 heteroatoms. The quantitative estimate of drug-likeness (QED) is 0.483. The van der Waals surface area contributed by atoms with E-state index in [2.05, 4.69) is 22.8 Å². The van der Waals surface area contributed by atoms with Crippen LogP contribution in [0.25, 0.3) is 0 Å². The minimum atomic E-state index is -0.456. The van der Waals surface area contributed by atoms with Gasteiger partial charge in [0, 0.05) is 42.6 Å². The van der Waals surface area contributed by atoms with Crippen molar-refractivity contribution in [3.63, 3.8) is 0 Å². The van der Waals surface area contributed by atoms with Gasteiger partial charge in [-0.3, -0.25) is 15.0 Å². The molecule has 1 N–H and O–H groups in total. The van der Waals surface area contributed by atoms with E-state index in [9.17, 15) is 14.9 Å². The Kier molecular flexibility index (Phi) is 5.25. The van der Waals surface area contributed by atoms with Crippen LogP contribution in [0.4, 0.5) is 10.5 Å². The highest BCUT2D eigenvalue weighted by Gasteiger charge is 2.35. The molecule has 0 radical (unpaired) electrons. The summed E-state index contributed by atoms with van der Waals surface area (Å²) in [7, 11) is 0. The van der Waals surface area contributed by atoms with Crippen LogP contribution >= 0.6 is 12.6 Å². The predicted molar refractivity (Wildman–Crippen MR) is 92.2 cm³/mol. The molecular formula is C16H21N3O4S. The fourth-order valence-corrected chi connectivity index (χ4v) is 3.70. The zero-order chi connectivity index (χ0) is 17.1. The normalized spacial score (nSPS) is 24.4. The maximum atomic E-state index is 11.9. The molecule has 1 saturated carbocycles. The molecule has 2 aliphatic rings. The van der Waals surface area contributed by atoms with E-state index < -0.39 is 11.0 Å². The van der Waals surface area contributed by atoms with E-state index in [1.165, 1.54) is 12.1 Å². The highest BCUT2D eigenvalue weighted by Crippen LogP contribution is 2.29. The summed E-state index contributed by atoms with van der Waals surface area (Å²) in [4.78, 5) is 24.4. The molecule has 2 fully saturated rings. The maximum Gasteiger partial charge on any atom is 0.407 e. The number of thiol groups is 1. The van der Waals surface area contributed by atoms with Crippen LogP contribution in [0.5, 0.6) is 0 Å². The largest absolute Gasteiger partial charge is 0.445 e. The second-order valence-electron chi connectivity index (χ2n) is 6.42. The summed E-state index contributed by atoms with van der Waals surface area (Å²) >= 11 is 4.43. The van der Waals surface area contributed by atoms with Crippen LogP contribution in [0.1, 0.15) is 24.8 Å². The van der Waals surface area contributed by atoms with Crippen molar-refractivity contribution < 1.29 is 14.5 Å². The maximum absolute atomic E-state index is 11.9. The number of hydrogen-bond donors (Lipinski definition) is 2. The average molecular weight is 351 g/mol. The van der Waals surface area contributed by atoms with Gasteiger partial charge in [-0.1, -0.05) is 0 Å². The molecule has 7 nitrogen and oxygen atoms in total. The smallest absolute Gasteiger partial charge is 0.407 e. The number of nitrogens with one attached hydrogen (secondary N) is 1. The first-order valence-electron chi connectivity index (χ1n) is 8.10. The lowest BCUT2D eigenvalue weighted by atomic mass is 10.1. The van der Waals surface area contributed by atoms with Crippen LogP contribution in [-0.4, -0.2) is 46.3 Å². The van der Waals surface area contributed by atoms with Gasteiger partial charge in [-0.15, -0.1) is 0 Å². The van der Waals surface area contributed by atoms with Gasteiger partial charge in [0.15, 0.2) is 0 Å². The van der Waals surface area contributed by atoms with Gasteiger partial charge in [-0.2, -0.15) is 12.6 Å². The van der Waals surface area contributed by atoms with E-state index in [0.29, 0.717) is 11.3 Å². The van der Waals surface area contributed by atoms with Gasteiger partial charge < -0.3 is 10.1 Å². The topological polar surface area (TPSA) is 84.7 Å². The fourth-order valence-electron chi connectivity index (χ4n) is 3.28. The lowest BCUT2D eigenvalue weighted by Gasteiger charge is -2.41. The first-order valence-corrected chi connectivity index (χ1v) is 8.61. The Morgan fingerprint density at radius 1 is 1.33 bits per heavy atom. The van der Waals surface area contributed by atoms with Crippen LogP contribution in [-0.2, 0) is 11.3 Å².